The van der Waals surface area contributed by atoms with Crippen LogP contribution in [0, 0.1) is 5.82 Å². The number of ether oxygens (including phenoxy) is 1. The van der Waals surface area contributed by atoms with Gasteiger partial charge in [-0.3, -0.25) is 4.79 Å². The first-order valence-electron chi connectivity index (χ1n) is 6.18. The molecule has 0 aliphatic rings. The van der Waals surface area contributed by atoms with Gasteiger partial charge in [-0.2, -0.15) is 0 Å². The summed E-state index contributed by atoms with van der Waals surface area (Å²) in [5.74, 6) is 0.415. The van der Waals surface area contributed by atoms with Gasteiger partial charge in [-0.1, -0.05) is 25.1 Å². The Labute approximate surface area is 111 Å². The van der Waals surface area contributed by atoms with E-state index in [1.54, 1.807) is 0 Å². The zero-order chi connectivity index (χ0) is 13.8. The Morgan fingerprint density at radius 3 is 2.58 bits per heavy atom. The second kappa shape index (κ2) is 5.65. The first-order valence-corrected chi connectivity index (χ1v) is 6.18. The number of para-hydroxylation sites is 1. The van der Waals surface area contributed by atoms with Crippen molar-refractivity contribution < 1.29 is 13.9 Å². The van der Waals surface area contributed by atoms with Gasteiger partial charge in [-0.15, -0.1) is 0 Å². The van der Waals surface area contributed by atoms with Crippen LogP contribution in [0.4, 0.5) is 4.39 Å². The molecule has 0 amide bonds. The van der Waals surface area contributed by atoms with Crippen LogP contribution in [-0.4, -0.2) is 5.78 Å². The number of rotatable bonds is 4. The maximum absolute atomic E-state index is 13.2. The fourth-order valence-electron chi connectivity index (χ4n) is 1.88. The molecule has 0 radical (unpaired) electrons. The summed E-state index contributed by atoms with van der Waals surface area (Å²) >= 11 is 0. The number of carbonyl (C=O) groups excluding carboxylic acids is 1. The molecule has 0 atom stereocenters. The quantitative estimate of drug-likeness (QED) is 0.760. The average Bonchev–Trinajstić information content (AvgIpc) is 2.41. The molecule has 0 aliphatic carbocycles. The van der Waals surface area contributed by atoms with Crippen molar-refractivity contribution in [3.05, 3.63) is 59.4 Å². The van der Waals surface area contributed by atoms with E-state index in [1.807, 2.05) is 31.2 Å². The Morgan fingerprint density at radius 1 is 1.16 bits per heavy atom. The summed E-state index contributed by atoms with van der Waals surface area (Å²) in [5.41, 5.74) is 1.30. The van der Waals surface area contributed by atoms with Gasteiger partial charge >= 0.3 is 0 Å². The Bertz CT molecular complexity index is 605. The van der Waals surface area contributed by atoms with Crippen molar-refractivity contribution in [2.45, 2.75) is 20.3 Å². The largest absolute Gasteiger partial charge is 0.456 e. The Kier molecular flexibility index (Phi) is 3.95. The molecule has 0 unspecified atom stereocenters. The van der Waals surface area contributed by atoms with Crippen LogP contribution in [0.5, 0.6) is 11.5 Å². The maximum atomic E-state index is 13.2. The standard InChI is InChI=1S/C16H15FO2/c1-3-12-6-4-5-7-15(12)19-16-9-8-13(17)10-14(16)11(2)18/h4-10H,3H2,1-2H3. The molecule has 3 heteroatoms. The van der Waals surface area contributed by atoms with Crippen LogP contribution < -0.4 is 4.74 Å². The maximum Gasteiger partial charge on any atom is 0.163 e. The lowest BCUT2D eigenvalue weighted by molar-refractivity contribution is 0.101. The number of hydrogen-bond acceptors (Lipinski definition) is 2. The number of ketones is 1. The van der Waals surface area contributed by atoms with Gasteiger partial charge in [0.05, 0.1) is 5.56 Å². The van der Waals surface area contributed by atoms with Crippen LogP contribution in [0.2, 0.25) is 0 Å². The highest BCUT2D eigenvalue weighted by Gasteiger charge is 2.12. The molecule has 0 fully saturated rings. The summed E-state index contributed by atoms with van der Waals surface area (Å²) in [4.78, 5) is 11.5. The molecule has 2 rings (SSSR count). The normalized spacial score (nSPS) is 10.3. The van der Waals surface area contributed by atoms with Crippen molar-refractivity contribution in [1.29, 1.82) is 0 Å². The van der Waals surface area contributed by atoms with Crippen LogP contribution in [-0.2, 0) is 6.42 Å². The lowest BCUT2D eigenvalue weighted by Crippen LogP contribution is -1.99. The number of hydrogen-bond donors (Lipinski definition) is 0. The minimum atomic E-state index is -0.443. The molecule has 0 spiro atoms. The fourth-order valence-corrected chi connectivity index (χ4v) is 1.88. The Balaban J connectivity index is 2.41. The number of benzene rings is 2. The third kappa shape index (κ3) is 2.99. The second-order valence-corrected chi connectivity index (χ2v) is 4.26. The number of halogens is 1. The molecule has 0 N–H and O–H groups in total. The highest BCUT2D eigenvalue weighted by molar-refractivity contribution is 5.96. The molecule has 0 bridgehead atoms. The molecule has 0 aromatic heterocycles. The Morgan fingerprint density at radius 2 is 1.89 bits per heavy atom. The van der Waals surface area contributed by atoms with Gasteiger partial charge in [0.25, 0.3) is 0 Å². The van der Waals surface area contributed by atoms with Crippen molar-refractivity contribution in [2.75, 3.05) is 0 Å². The minimum absolute atomic E-state index is 0.219. The minimum Gasteiger partial charge on any atom is -0.456 e. The highest BCUT2D eigenvalue weighted by Crippen LogP contribution is 2.29. The van der Waals surface area contributed by atoms with E-state index in [0.717, 1.165) is 12.0 Å². The SMILES string of the molecule is CCc1ccccc1Oc1ccc(F)cc1C(C)=O. The first kappa shape index (κ1) is 13.3. The Hall–Kier alpha value is -2.16. The van der Waals surface area contributed by atoms with Crippen LogP contribution in [0.1, 0.15) is 29.8 Å². The van der Waals surface area contributed by atoms with E-state index in [4.69, 9.17) is 4.74 Å². The third-order valence-corrected chi connectivity index (χ3v) is 2.89. The molecular weight excluding hydrogens is 243 g/mol. The van der Waals surface area contributed by atoms with Gasteiger partial charge < -0.3 is 4.74 Å². The highest BCUT2D eigenvalue weighted by atomic mass is 19.1. The van der Waals surface area contributed by atoms with Gasteiger partial charge in [0, 0.05) is 0 Å². The van der Waals surface area contributed by atoms with Crippen LogP contribution in [0.15, 0.2) is 42.5 Å². The summed E-state index contributed by atoms with van der Waals surface area (Å²) in [5, 5.41) is 0. The zero-order valence-corrected chi connectivity index (χ0v) is 10.9. The molecule has 0 aliphatic heterocycles. The summed E-state index contributed by atoms with van der Waals surface area (Å²) in [6.07, 6.45) is 0.826. The number of Topliss-reactive ketones (excluding diaryl/α,β-unsaturated/α-hetero) is 1. The van der Waals surface area contributed by atoms with Gasteiger partial charge in [0.2, 0.25) is 0 Å². The molecule has 98 valence electrons. The van der Waals surface area contributed by atoms with Crippen LogP contribution in [0.25, 0.3) is 0 Å². The van der Waals surface area contributed by atoms with Crippen molar-refractivity contribution in [3.8, 4) is 11.5 Å². The monoisotopic (exact) mass is 258 g/mol. The van der Waals surface area contributed by atoms with E-state index < -0.39 is 5.82 Å². The van der Waals surface area contributed by atoms with E-state index in [9.17, 15) is 9.18 Å². The molecular formula is C16H15FO2. The predicted octanol–water partition coefficient (Wildman–Crippen LogP) is 4.38. The molecule has 19 heavy (non-hydrogen) atoms. The lowest BCUT2D eigenvalue weighted by Gasteiger charge is -2.12. The van der Waals surface area contributed by atoms with E-state index in [-0.39, 0.29) is 11.3 Å². The molecule has 2 aromatic rings. The van der Waals surface area contributed by atoms with Crippen LogP contribution >= 0.6 is 0 Å². The number of aryl methyl sites for hydroxylation is 1. The van der Waals surface area contributed by atoms with Crippen molar-refractivity contribution >= 4 is 5.78 Å². The summed E-state index contributed by atoms with van der Waals surface area (Å²) in [6, 6.07) is 11.6. The van der Waals surface area contributed by atoms with Gasteiger partial charge in [0.15, 0.2) is 5.78 Å². The second-order valence-electron chi connectivity index (χ2n) is 4.26. The van der Waals surface area contributed by atoms with E-state index in [2.05, 4.69) is 0 Å². The zero-order valence-electron chi connectivity index (χ0n) is 10.9. The van der Waals surface area contributed by atoms with Gasteiger partial charge in [0.1, 0.15) is 17.3 Å². The van der Waals surface area contributed by atoms with Gasteiger partial charge in [-0.05, 0) is 43.2 Å². The van der Waals surface area contributed by atoms with E-state index in [0.29, 0.717) is 11.5 Å². The van der Waals surface area contributed by atoms with Gasteiger partial charge in [-0.25, -0.2) is 4.39 Å². The van der Waals surface area contributed by atoms with E-state index in [1.165, 1.54) is 25.1 Å². The smallest absolute Gasteiger partial charge is 0.163 e. The summed E-state index contributed by atoms with van der Waals surface area (Å²) < 4.78 is 18.9. The predicted molar refractivity (Wildman–Crippen MR) is 72.3 cm³/mol. The van der Waals surface area contributed by atoms with Crippen LogP contribution in [0.3, 0.4) is 0 Å². The van der Waals surface area contributed by atoms with Crippen molar-refractivity contribution in [3.63, 3.8) is 0 Å². The molecule has 0 heterocycles. The number of carbonyl (C=O) groups is 1. The topological polar surface area (TPSA) is 26.3 Å². The van der Waals surface area contributed by atoms with Crippen molar-refractivity contribution in [2.24, 2.45) is 0 Å². The molecule has 2 nitrogen and oxygen atoms in total. The molecule has 0 saturated heterocycles. The lowest BCUT2D eigenvalue weighted by atomic mass is 10.1. The van der Waals surface area contributed by atoms with E-state index >= 15 is 0 Å². The summed E-state index contributed by atoms with van der Waals surface area (Å²) in [6.45, 7) is 3.42. The molecule has 0 saturated carbocycles. The third-order valence-electron chi connectivity index (χ3n) is 2.89. The average molecular weight is 258 g/mol. The molecule has 2 aromatic carbocycles. The first-order chi connectivity index (χ1) is 9.11. The van der Waals surface area contributed by atoms with Crippen molar-refractivity contribution in [1.82, 2.24) is 0 Å². The fraction of sp³-hybridized carbons (Fsp3) is 0.188. The summed E-state index contributed by atoms with van der Waals surface area (Å²) in [7, 11) is 0.